The summed E-state index contributed by atoms with van der Waals surface area (Å²) in [6.07, 6.45) is 1.46. The fourth-order valence-electron chi connectivity index (χ4n) is 1.52. The Kier molecular flexibility index (Phi) is 4.41. The first-order chi connectivity index (χ1) is 7.10. The van der Waals surface area contributed by atoms with Gasteiger partial charge in [-0.1, -0.05) is 0 Å². The normalized spacial score (nSPS) is 25.9. The van der Waals surface area contributed by atoms with Crippen molar-refractivity contribution in [2.75, 3.05) is 25.1 Å². The van der Waals surface area contributed by atoms with Gasteiger partial charge < -0.3 is 10.4 Å². The Morgan fingerprint density at radius 2 is 2.27 bits per heavy atom. The number of carboxylic acids is 1. The molecule has 0 spiro atoms. The summed E-state index contributed by atoms with van der Waals surface area (Å²) in [4.78, 5) is 22.2. The highest BCUT2D eigenvalue weighted by Gasteiger charge is 2.39. The summed E-state index contributed by atoms with van der Waals surface area (Å²) in [6.45, 7) is 0.0589. The van der Waals surface area contributed by atoms with Gasteiger partial charge in [0.1, 0.15) is 5.54 Å². The molecule has 3 N–H and O–H groups in total. The maximum absolute atomic E-state index is 11.2. The Morgan fingerprint density at radius 3 is 2.73 bits per heavy atom. The van der Waals surface area contributed by atoms with E-state index in [1.54, 1.807) is 11.8 Å². The van der Waals surface area contributed by atoms with E-state index >= 15 is 0 Å². The number of likely N-dealkylation sites (N-methyl/N-ethyl adjacent to an activating group) is 1. The monoisotopic (exact) mass is 232 g/mol. The van der Waals surface area contributed by atoms with Gasteiger partial charge >= 0.3 is 5.97 Å². The van der Waals surface area contributed by atoms with Gasteiger partial charge in [-0.25, -0.2) is 0 Å². The van der Waals surface area contributed by atoms with E-state index in [9.17, 15) is 9.59 Å². The van der Waals surface area contributed by atoms with Crippen molar-refractivity contribution >= 4 is 23.6 Å². The molecule has 1 rings (SSSR count). The predicted molar refractivity (Wildman–Crippen MR) is 59.0 cm³/mol. The zero-order chi connectivity index (χ0) is 11.3. The minimum absolute atomic E-state index is 0.0589. The molecule has 0 aliphatic carbocycles. The molecule has 1 fully saturated rings. The zero-order valence-electron chi connectivity index (χ0n) is 8.71. The van der Waals surface area contributed by atoms with E-state index in [0.29, 0.717) is 12.2 Å². The third kappa shape index (κ3) is 3.10. The van der Waals surface area contributed by atoms with Gasteiger partial charge in [0.2, 0.25) is 5.91 Å². The molecule has 6 heteroatoms. The number of rotatable bonds is 4. The second kappa shape index (κ2) is 5.37. The lowest BCUT2D eigenvalue weighted by Gasteiger charge is -2.33. The summed E-state index contributed by atoms with van der Waals surface area (Å²) in [5, 5.41) is 14.5. The van der Waals surface area contributed by atoms with Crippen molar-refractivity contribution in [3.8, 4) is 0 Å². The average Bonchev–Trinajstić information content (AvgIpc) is 2.27. The molecule has 86 valence electrons. The Morgan fingerprint density at radius 1 is 1.53 bits per heavy atom. The molecular formula is C9H16N2O3S. The van der Waals surface area contributed by atoms with Gasteiger partial charge in [-0.05, 0) is 18.6 Å². The molecule has 1 heterocycles. The van der Waals surface area contributed by atoms with E-state index in [4.69, 9.17) is 5.11 Å². The highest BCUT2D eigenvalue weighted by molar-refractivity contribution is 7.99. The molecule has 1 atom stereocenters. The lowest BCUT2D eigenvalue weighted by atomic mass is 9.95. The molecule has 0 bridgehead atoms. The summed E-state index contributed by atoms with van der Waals surface area (Å²) in [6, 6.07) is 0. The van der Waals surface area contributed by atoms with Gasteiger partial charge in [-0.2, -0.15) is 11.8 Å². The molecule has 5 nitrogen and oxygen atoms in total. The van der Waals surface area contributed by atoms with E-state index in [-0.39, 0.29) is 12.5 Å². The number of hydrogen-bond acceptors (Lipinski definition) is 4. The standard InChI is InChI=1S/C9H16N2O3S/c1-10-7(12)5-11-9(8(13)14)3-2-4-15-6-9/h11H,2-6H2,1H3,(H,10,12)(H,13,14). The van der Waals surface area contributed by atoms with Crippen LogP contribution in [0.4, 0.5) is 0 Å². The van der Waals surface area contributed by atoms with E-state index in [2.05, 4.69) is 10.6 Å². The van der Waals surface area contributed by atoms with Crippen molar-refractivity contribution < 1.29 is 14.7 Å². The van der Waals surface area contributed by atoms with Crippen molar-refractivity contribution in [3.05, 3.63) is 0 Å². The highest BCUT2D eigenvalue weighted by Crippen LogP contribution is 2.26. The number of aliphatic carboxylic acids is 1. The molecule has 0 saturated carbocycles. The lowest BCUT2D eigenvalue weighted by molar-refractivity contribution is -0.144. The Hall–Kier alpha value is -0.750. The number of nitrogens with one attached hydrogen (secondary N) is 2. The number of carbonyl (C=O) groups excluding carboxylic acids is 1. The van der Waals surface area contributed by atoms with Gasteiger partial charge in [-0.15, -0.1) is 0 Å². The van der Waals surface area contributed by atoms with Crippen LogP contribution in [0.25, 0.3) is 0 Å². The lowest BCUT2D eigenvalue weighted by Crippen LogP contribution is -2.57. The number of carbonyl (C=O) groups is 2. The number of amides is 1. The van der Waals surface area contributed by atoms with Crippen LogP contribution < -0.4 is 10.6 Å². The number of carboxylic acid groups (broad SMARTS) is 1. The molecular weight excluding hydrogens is 216 g/mol. The molecule has 0 aromatic carbocycles. The Labute approximate surface area is 93.0 Å². The van der Waals surface area contributed by atoms with Crippen LogP contribution in [0.5, 0.6) is 0 Å². The molecule has 0 radical (unpaired) electrons. The zero-order valence-corrected chi connectivity index (χ0v) is 9.52. The first-order valence-corrected chi connectivity index (χ1v) is 6.03. The van der Waals surface area contributed by atoms with E-state index in [0.717, 1.165) is 12.2 Å². The molecule has 15 heavy (non-hydrogen) atoms. The topological polar surface area (TPSA) is 78.4 Å². The molecule has 1 unspecified atom stereocenters. The van der Waals surface area contributed by atoms with Gasteiger partial charge in [0.15, 0.2) is 0 Å². The van der Waals surface area contributed by atoms with Crippen LogP contribution in [-0.2, 0) is 9.59 Å². The van der Waals surface area contributed by atoms with Gasteiger partial charge in [0, 0.05) is 12.8 Å². The van der Waals surface area contributed by atoms with Crippen LogP contribution in [0.2, 0.25) is 0 Å². The maximum Gasteiger partial charge on any atom is 0.324 e. The summed E-state index contributed by atoms with van der Waals surface area (Å²) in [5.41, 5.74) is -0.921. The SMILES string of the molecule is CNC(=O)CNC1(C(=O)O)CCCSC1. The smallest absolute Gasteiger partial charge is 0.324 e. The minimum Gasteiger partial charge on any atom is -0.480 e. The first kappa shape index (κ1) is 12.3. The second-order valence-corrected chi connectivity index (χ2v) is 4.68. The third-order valence-electron chi connectivity index (χ3n) is 2.52. The van der Waals surface area contributed by atoms with Gasteiger partial charge in [0.25, 0.3) is 0 Å². The van der Waals surface area contributed by atoms with Gasteiger partial charge in [-0.3, -0.25) is 14.9 Å². The first-order valence-electron chi connectivity index (χ1n) is 4.87. The Bertz CT molecular complexity index is 252. The summed E-state index contributed by atoms with van der Waals surface area (Å²) < 4.78 is 0. The Balaban J connectivity index is 2.57. The van der Waals surface area contributed by atoms with Crippen molar-refractivity contribution in [1.82, 2.24) is 10.6 Å². The van der Waals surface area contributed by atoms with Crippen LogP contribution >= 0.6 is 11.8 Å². The molecule has 1 aliphatic heterocycles. The van der Waals surface area contributed by atoms with Gasteiger partial charge in [0.05, 0.1) is 6.54 Å². The molecule has 0 aromatic heterocycles. The van der Waals surface area contributed by atoms with Crippen molar-refractivity contribution in [2.45, 2.75) is 18.4 Å². The fraction of sp³-hybridized carbons (Fsp3) is 0.778. The van der Waals surface area contributed by atoms with Crippen molar-refractivity contribution in [2.24, 2.45) is 0 Å². The second-order valence-electron chi connectivity index (χ2n) is 3.57. The fourth-order valence-corrected chi connectivity index (χ4v) is 2.73. The average molecular weight is 232 g/mol. The van der Waals surface area contributed by atoms with Crippen molar-refractivity contribution in [1.29, 1.82) is 0 Å². The number of hydrogen-bond donors (Lipinski definition) is 3. The van der Waals surface area contributed by atoms with E-state index in [1.807, 2.05) is 0 Å². The number of thioether (sulfide) groups is 1. The summed E-state index contributed by atoms with van der Waals surface area (Å²) in [5.74, 6) is 0.473. The van der Waals surface area contributed by atoms with E-state index in [1.165, 1.54) is 7.05 Å². The quantitative estimate of drug-likeness (QED) is 0.619. The van der Waals surface area contributed by atoms with Crippen molar-refractivity contribution in [3.63, 3.8) is 0 Å². The third-order valence-corrected chi connectivity index (χ3v) is 3.79. The molecule has 1 aliphatic rings. The highest BCUT2D eigenvalue weighted by atomic mass is 32.2. The molecule has 1 saturated heterocycles. The van der Waals surface area contributed by atoms with Crippen LogP contribution in [0.3, 0.4) is 0 Å². The van der Waals surface area contributed by atoms with E-state index < -0.39 is 11.5 Å². The molecule has 1 amide bonds. The van der Waals surface area contributed by atoms with Crippen LogP contribution in [0, 0.1) is 0 Å². The largest absolute Gasteiger partial charge is 0.480 e. The summed E-state index contributed by atoms with van der Waals surface area (Å²) >= 11 is 1.61. The van der Waals surface area contributed by atoms with Crippen LogP contribution in [0.15, 0.2) is 0 Å². The van der Waals surface area contributed by atoms with Crippen LogP contribution in [-0.4, -0.2) is 47.6 Å². The maximum atomic E-state index is 11.2. The predicted octanol–water partition coefficient (Wildman–Crippen LogP) is -0.328. The summed E-state index contributed by atoms with van der Waals surface area (Å²) in [7, 11) is 1.53. The van der Waals surface area contributed by atoms with Crippen LogP contribution in [0.1, 0.15) is 12.8 Å². The molecule has 0 aromatic rings. The minimum atomic E-state index is -0.921.